The molecule has 3 fully saturated rings. The highest BCUT2D eigenvalue weighted by Crippen LogP contribution is 2.35. The summed E-state index contributed by atoms with van der Waals surface area (Å²) in [6.45, 7) is 4.75. The minimum atomic E-state index is -3.36. The number of fused-ring (bicyclic) bond motifs is 1. The summed E-state index contributed by atoms with van der Waals surface area (Å²) < 4.78 is 27.2. The number of likely N-dealkylation sites (tertiary alicyclic amines) is 1. The molecule has 0 spiro atoms. The quantitative estimate of drug-likeness (QED) is 0.791. The lowest BCUT2D eigenvalue weighted by molar-refractivity contribution is -0.896. The molecule has 1 N–H and O–H groups in total. The Balaban J connectivity index is 1.27. The number of carbonyl (C=O) groups is 1. The smallest absolute Gasteiger partial charge is 0.277 e. The van der Waals surface area contributed by atoms with Crippen molar-refractivity contribution in [3.63, 3.8) is 0 Å². The van der Waals surface area contributed by atoms with Gasteiger partial charge in [0.25, 0.3) is 15.9 Å². The van der Waals surface area contributed by atoms with E-state index in [1.54, 1.807) is 21.8 Å². The van der Waals surface area contributed by atoms with Gasteiger partial charge in [-0.05, 0) is 36.1 Å². The summed E-state index contributed by atoms with van der Waals surface area (Å²) in [5.74, 6) is 1.80. The second-order valence-corrected chi connectivity index (χ2v) is 11.3. The maximum atomic E-state index is 12.8. The van der Waals surface area contributed by atoms with Crippen LogP contribution in [0.1, 0.15) is 32.1 Å². The zero-order valence-electron chi connectivity index (χ0n) is 15.8. The van der Waals surface area contributed by atoms with Crippen molar-refractivity contribution in [2.24, 2.45) is 11.8 Å². The number of sulfonamides is 1. The lowest BCUT2D eigenvalue weighted by Gasteiger charge is -2.41. The number of amides is 1. The monoisotopic (exact) mass is 412 g/mol. The van der Waals surface area contributed by atoms with Gasteiger partial charge in [0, 0.05) is 13.1 Å². The second kappa shape index (κ2) is 8.19. The molecule has 3 heterocycles. The maximum absolute atomic E-state index is 12.8. The van der Waals surface area contributed by atoms with E-state index in [9.17, 15) is 13.2 Å². The molecule has 1 saturated carbocycles. The SMILES string of the molecule is O=C(C[NH+]1CCN(S(=O)(=O)c2cccs2)CC1)N1CC[C@@H]2CCCC[C@@H]2C1. The molecule has 1 amide bonds. The highest BCUT2D eigenvalue weighted by Gasteiger charge is 2.35. The molecule has 1 aliphatic carbocycles. The molecule has 4 rings (SSSR count). The van der Waals surface area contributed by atoms with Gasteiger partial charge in [-0.15, -0.1) is 11.3 Å². The topological polar surface area (TPSA) is 62.1 Å². The van der Waals surface area contributed by atoms with Gasteiger partial charge < -0.3 is 9.80 Å². The van der Waals surface area contributed by atoms with E-state index in [1.165, 1.54) is 48.3 Å². The molecule has 27 heavy (non-hydrogen) atoms. The first-order valence-corrected chi connectivity index (χ1v) is 12.5. The lowest BCUT2D eigenvalue weighted by atomic mass is 9.75. The molecular formula is C19H30N3O3S2+. The standard InChI is InChI=1S/C19H29N3O3S2/c23-18(21-8-7-16-4-1-2-5-17(16)14-21)15-20-9-11-22(12-10-20)27(24,25)19-6-3-13-26-19/h3,6,13,16-17H,1-2,4-5,7-12,14-15H2/p+1/t16-,17+/m0/s1. The van der Waals surface area contributed by atoms with E-state index in [0.29, 0.717) is 42.9 Å². The Kier molecular flexibility index (Phi) is 5.87. The third kappa shape index (κ3) is 4.23. The van der Waals surface area contributed by atoms with Crippen molar-refractivity contribution in [2.45, 2.75) is 36.3 Å². The van der Waals surface area contributed by atoms with Crippen LogP contribution in [0.4, 0.5) is 0 Å². The van der Waals surface area contributed by atoms with E-state index in [1.807, 2.05) is 0 Å². The number of quaternary nitrogens is 1. The van der Waals surface area contributed by atoms with Crippen LogP contribution in [0.15, 0.2) is 21.7 Å². The fourth-order valence-corrected chi connectivity index (χ4v) is 7.50. The summed E-state index contributed by atoms with van der Waals surface area (Å²) >= 11 is 1.27. The molecule has 2 aliphatic heterocycles. The molecule has 2 saturated heterocycles. The van der Waals surface area contributed by atoms with E-state index in [-0.39, 0.29) is 5.91 Å². The molecular weight excluding hydrogens is 382 g/mol. The predicted octanol–water partition coefficient (Wildman–Crippen LogP) is 0.676. The molecule has 1 aromatic heterocycles. The van der Waals surface area contributed by atoms with Crippen LogP contribution in [0.25, 0.3) is 0 Å². The van der Waals surface area contributed by atoms with E-state index < -0.39 is 10.0 Å². The third-order valence-corrected chi connectivity index (χ3v) is 9.84. The Hall–Kier alpha value is -0.960. The fourth-order valence-electron chi connectivity index (χ4n) is 4.91. The lowest BCUT2D eigenvalue weighted by Crippen LogP contribution is -3.15. The molecule has 0 aromatic carbocycles. The second-order valence-electron chi connectivity index (χ2n) is 8.20. The van der Waals surface area contributed by atoms with Gasteiger partial charge in [-0.1, -0.05) is 25.3 Å². The Bertz CT molecular complexity index is 742. The molecule has 0 radical (unpaired) electrons. The first-order valence-electron chi connectivity index (χ1n) is 10.2. The van der Waals surface area contributed by atoms with Gasteiger partial charge >= 0.3 is 0 Å². The molecule has 6 nitrogen and oxygen atoms in total. The Morgan fingerprint density at radius 3 is 2.56 bits per heavy atom. The number of hydrogen-bond donors (Lipinski definition) is 1. The Morgan fingerprint density at radius 2 is 1.85 bits per heavy atom. The number of rotatable bonds is 4. The van der Waals surface area contributed by atoms with Crippen molar-refractivity contribution in [3.8, 4) is 0 Å². The molecule has 3 aliphatic rings. The van der Waals surface area contributed by atoms with Crippen molar-refractivity contribution < 1.29 is 18.1 Å². The summed E-state index contributed by atoms with van der Waals surface area (Å²) in [7, 11) is -3.36. The van der Waals surface area contributed by atoms with Gasteiger partial charge in [-0.2, -0.15) is 4.31 Å². The summed E-state index contributed by atoms with van der Waals surface area (Å²) in [6, 6.07) is 3.44. The fraction of sp³-hybridized carbons (Fsp3) is 0.737. The van der Waals surface area contributed by atoms with Crippen molar-refractivity contribution in [1.29, 1.82) is 0 Å². The molecule has 1 aromatic rings. The number of nitrogens with one attached hydrogen (secondary N) is 1. The predicted molar refractivity (Wildman–Crippen MR) is 105 cm³/mol. The largest absolute Gasteiger partial charge is 0.338 e. The third-order valence-electron chi connectivity index (χ3n) is 6.56. The van der Waals surface area contributed by atoms with Gasteiger partial charge in [0.2, 0.25) is 0 Å². The zero-order valence-corrected chi connectivity index (χ0v) is 17.4. The summed E-state index contributed by atoms with van der Waals surface area (Å²) in [5.41, 5.74) is 0. The van der Waals surface area contributed by atoms with Crippen LogP contribution in [0.3, 0.4) is 0 Å². The summed E-state index contributed by atoms with van der Waals surface area (Å²) in [4.78, 5) is 16.1. The van der Waals surface area contributed by atoms with Crippen LogP contribution in [-0.4, -0.2) is 69.3 Å². The average Bonchev–Trinajstić information content (AvgIpc) is 3.24. The molecule has 150 valence electrons. The van der Waals surface area contributed by atoms with Gasteiger partial charge in [0.15, 0.2) is 6.54 Å². The van der Waals surface area contributed by atoms with Crippen LogP contribution in [-0.2, 0) is 14.8 Å². The average molecular weight is 413 g/mol. The minimum absolute atomic E-state index is 0.253. The number of hydrogen-bond acceptors (Lipinski definition) is 4. The summed E-state index contributed by atoms with van der Waals surface area (Å²) in [5, 5.41) is 1.79. The van der Waals surface area contributed by atoms with Crippen molar-refractivity contribution >= 4 is 27.3 Å². The van der Waals surface area contributed by atoms with E-state index in [0.717, 1.165) is 19.0 Å². The van der Waals surface area contributed by atoms with Crippen LogP contribution >= 0.6 is 11.3 Å². The van der Waals surface area contributed by atoms with Crippen LogP contribution in [0.2, 0.25) is 0 Å². The van der Waals surface area contributed by atoms with Gasteiger partial charge in [0.05, 0.1) is 26.2 Å². The number of nitrogens with zero attached hydrogens (tertiary/aromatic N) is 2. The first-order chi connectivity index (χ1) is 13.0. The van der Waals surface area contributed by atoms with Crippen molar-refractivity contribution in [2.75, 3.05) is 45.8 Å². The molecule has 8 heteroatoms. The number of thiophene rings is 1. The highest BCUT2D eigenvalue weighted by atomic mass is 32.2. The van der Waals surface area contributed by atoms with Crippen LogP contribution < -0.4 is 4.90 Å². The molecule has 0 bridgehead atoms. The van der Waals surface area contributed by atoms with E-state index in [4.69, 9.17) is 0 Å². The van der Waals surface area contributed by atoms with Gasteiger partial charge in [-0.3, -0.25) is 4.79 Å². The highest BCUT2D eigenvalue weighted by molar-refractivity contribution is 7.91. The number of piperazine rings is 1. The van der Waals surface area contributed by atoms with E-state index >= 15 is 0 Å². The Morgan fingerprint density at radius 1 is 1.11 bits per heavy atom. The van der Waals surface area contributed by atoms with Crippen LogP contribution in [0, 0.1) is 11.8 Å². The Labute approximate surface area is 166 Å². The van der Waals surface area contributed by atoms with Gasteiger partial charge in [-0.25, -0.2) is 8.42 Å². The minimum Gasteiger partial charge on any atom is -0.338 e. The van der Waals surface area contributed by atoms with Crippen molar-refractivity contribution in [1.82, 2.24) is 9.21 Å². The molecule has 0 unspecified atom stereocenters. The normalized spacial score (nSPS) is 28.1. The van der Waals surface area contributed by atoms with Gasteiger partial charge in [0.1, 0.15) is 4.21 Å². The van der Waals surface area contributed by atoms with E-state index in [2.05, 4.69) is 4.90 Å². The number of piperidine rings is 1. The van der Waals surface area contributed by atoms with Crippen LogP contribution in [0.5, 0.6) is 0 Å². The zero-order chi connectivity index (χ0) is 18.9. The molecule has 2 atom stereocenters. The first kappa shape index (κ1) is 19.4. The van der Waals surface area contributed by atoms with Crippen molar-refractivity contribution in [3.05, 3.63) is 17.5 Å². The number of carbonyl (C=O) groups excluding carboxylic acids is 1. The summed E-state index contributed by atoms with van der Waals surface area (Å²) in [6.07, 6.45) is 6.46. The maximum Gasteiger partial charge on any atom is 0.277 e.